The number of rotatable bonds is 7. The van der Waals surface area contributed by atoms with Crippen LogP contribution in [0.5, 0.6) is 0 Å². The van der Waals surface area contributed by atoms with Crippen LogP contribution >= 0.6 is 11.6 Å². The smallest absolute Gasteiger partial charge is 0.356 e. The molecule has 1 N–H and O–H groups in total. The van der Waals surface area contributed by atoms with Crippen LogP contribution < -0.4 is 5.32 Å². The van der Waals surface area contributed by atoms with Gasteiger partial charge in [0.1, 0.15) is 0 Å². The zero-order valence-electron chi connectivity index (χ0n) is 17.4. The molecule has 1 saturated heterocycles. The molecule has 32 heavy (non-hydrogen) atoms. The molecule has 0 unspecified atom stereocenters. The molecule has 12 heteroatoms. The zero-order valence-corrected chi connectivity index (χ0v) is 19.0. The fraction of sp³-hybridized carbons (Fsp3) is 0.500. The van der Waals surface area contributed by atoms with E-state index >= 15 is 0 Å². The van der Waals surface area contributed by atoms with Crippen LogP contribution in [-0.4, -0.2) is 48.0 Å². The maximum atomic E-state index is 13.1. The first-order valence-electron chi connectivity index (χ1n) is 10.1. The molecule has 1 fully saturated rings. The third-order valence-corrected chi connectivity index (χ3v) is 7.56. The largest absolute Gasteiger partial charge is 0.417 e. The Bertz CT molecular complexity index is 1060. The minimum atomic E-state index is -4.76. The van der Waals surface area contributed by atoms with Crippen LogP contribution in [0.1, 0.15) is 30.4 Å². The number of piperidine rings is 1. The lowest BCUT2D eigenvalue weighted by molar-refractivity contribution is -0.137. The lowest BCUT2D eigenvalue weighted by Crippen LogP contribution is -2.43. The Morgan fingerprint density at radius 3 is 2.56 bits per heavy atom. The number of benzene rings is 1. The number of hydrogen-bond donors (Lipinski definition) is 1. The molecule has 7 nitrogen and oxygen atoms in total. The second-order valence-electron chi connectivity index (χ2n) is 7.74. The van der Waals surface area contributed by atoms with Gasteiger partial charge in [-0.15, -0.1) is 0 Å². The number of halogens is 4. The minimum absolute atomic E-state index is 0.0525. The molecule has 0 saturated carbocycles. The highest BCUT2D eigenvalue weighted by Gasteiger charge is 2.37. The lowest BCUT2D eigenvalue weighted by atomic mass is 9.97. The monoisotopic (exact) mass is 492 g/mol. The number of amides is 1. The summed E-state index contributed by atoms with van der Waals surface area (Å²) in [7, 11) is -4.13. The summed E-state index contributed by atoms with van der Waals surface area (Å²) in [5, 5.41) is 6.47. The van der Waals surface area contributed by atoms with E-state index in [1.54, 1.807) is 10.9 Å². The van der Waals surface area contributed by atoms with E-state index < -0.39 is 31.7 Å². The summed E-state index contributed by atoms with van der Waals surface area (Å²) < 4.78 is 67.8. The number of sulfonamides is 1. The number of carbonyl (C=O) groups is 1. The number of aryl methyl sites for hydroxylation is 2. The van der Waals surface area contributed by atoms with Gasteiger partial charge in [-0.25, -0.2) is 8.42 Å². The minimum Gasteiger partial charge on any atom is -0.356 e. The number of hydrogen-bond acceptors (Lipinski definition) is 4. The van der Waals surface area contributed by atoms with Crippen molar-refractivity contribution in [1.29, 1.82) is 0 Å². The normalized spacial score (nSPS) is 16.3. The summed E-state index contributed by atoms with van der Waals surface area (Å²) in [5.74, 6) is -0.492. The molecule has 1 aromatic heterocycles. The molecule has 2 aromatic rings. The molecule has 1 amide bonds. The Morgan fingerprint density at radius 1 is 1.28 bits per heavy atom. The van der Waals surface area contributed by atoms with Gasteiger partial charge in [0.2, 0.25) is 15.9 Å². The van der Waals surface area contributed by atoms with Gasteiger partial charge in [0.05, 0.1) is 21.7 Å². The van der Waals surface area contributed by atoms with Gasteiger partial charge in [0.15, 0.2) is 0 Å². The van der Waals surface area contributed by atoms with Crippen molar-refractivity contribution in [1.82, 2.24) is 19.4 Å². The van der Waals surface area contributed by atoms with Crippen molar-refractivity contribution in [3.8, 4) is 0 Å². The summed E-state index contributed by atoms with van der Waals surface area (Å²) in [6, 6.07) is 2.55. The van der Waals surface area contributed by atoms with E-state index in [0.29, 0.717) is 38.4 Å². The van der Waals surface area contributed by atoms with Crippen molar-refractivity contribution in [2.45, 2.75) is 43.8 Å². The third-order valence-electron chi connectivity index (χ3n) is 5.33. The summed E-state index contributed by atoms with van der Waals surface area (Å²) >= 11 is 5.58. The standard InChI is InChI=1S/C20H24ClF3N4O3S/c1-14-12-26-27(13-14)8-2-7-25-19(29)15-5-9-28(10-6-15)32(30,31)16-3-4-18(21)17(11-16)20(22,23)24/h3-4,11-13,15H,2,5-10H2,1H3,(H,25,29). The SMILES string of the molecule is Cc1cnn(CCCNC(=O)C2CCN(S(=O)(=O)c3ccc(Cl)c(C(F)(F)F)c3)CC2)c1. The number of nitrogens with one attached hydrogen (secondary N) is 1. The van der Waals surface area contributed by atoms with E-state index in [2.05, 4.69) is 10.4 Å². The van der Waals surface area contributed by atoms with Gasteiger partial charge in [-0.1, -0.05) is 11.6 Å². The molecule has 0 spiro atoms. The van der Waals surface area contributed by atoms with E-state index in [9.17, 15) is 26.4 Å². The van der Waals surface area contributed by atoms with Gasteiger partial charge in [0.25, 0.3) is 0 Å². The first-order chi connectivity index (χ1) is 15.0. The van der Waals surface area contributed by atoms with Crippen LogP contribution in [-0.2, 0) is 27.5 Å². The van der Waals surface area contributed by atoms with Gasteiger partial charge >= 0.3 is 6.18 Å². The molecule has 2 heterocycles. The van der Waals surface area contributed by atoms with Crippen molar-refractivity contribution in [3.63, 3.8) is 0 Å². The van der Waals surface area contributed by atoms with Gasteiger partial charge in [0, 0.05) is 38.3 Å². The average Bonchev–Trinajstić information content (AvgIpc) is 3.15. The number of nitrogens with zero attached hydrogens (tertiary/aromatic N) is 3. The summed E-state index contributed by atoms with van der Waals surface area (Å²) in [4.78, 5) is 11.9. The highest BCUT2D eigenvalue weighted by Crippen LogP contribution is 2.36. The molecular formula is C20H24ClF3N4O3S. The first kappa shape index (κ1) is 24.5. The van der Waals surface area contributed by atoms with E-state index in [1.165, 1.54) is 0 Å². The molecular weight excluding hydrogens is 469 g/mol. The Morgan fingerprint density at radius 2 is 1.97 bits per heavy atom. The van der Waals surface area contributed by atoms with E-state index in [-0.39, 0.29) is 24.9 Å². The van der Waals surface area contributed by atoms with E-state index in [4.69, 9.17) is 11.6 Å². The molecule has 1 aromatic carbocycles. The van der Waals surface area contributed by atoms with Crippen molar-refractivity contribution < 1.29 is 26.4 Å². The van der Waals surface area contributed by atoms with Gasteiger partial charge in [-0.05, 0) is 49.9 Å². The van der Waals surface area contributed by atoms with E-state index in [0.717, 1.165) is 22.0 Å². The van der Waals surface area contributed by atoms with Crippen molar-refractivity contribution in [2.75, 3.05) is 19.6 Å². The van der Waals surface area contributed by atoms with Crippen LogP contribution in [0.15, 0.2) is 35.5 Å². The topological polar surface area (TPSA) is 84.3 Å². The van der Waals surface area contributed by atoms with Gasteiger partial charge < -0.3 is 5.32 Å². The quantitative estimate of drug-likeness (QED) is 0.600. The van der Waals surface area contributed by atoms with Crippen LogP contribution in [0.25, 0.3) is 0 Å². The van der Waals surface area contributed by atoms with Crippen LogP contribution in [0, 0.1) is 12.8 Å². The van der Waals surface area contributed by atoms with E-state index in [1.807, 2.05) is 13.1 Å². The summed E-state index contributed by atoms with van der Waals surface area (Å²) in [5.41, 5.74) is -0.135. The number of alkyl halides is 3. The fourth-order valence-electron chi connectivity index (χ4n) is 3.58. The van der Waals surface area contributed by atoms with Gasteiger partial charge in [-0.3, -0.25) is 9.48 Å². The molecule has 0 bridgehead atoms. The fourth-order valence-corrected chi connectivity index (χ4v) is 5.30. The van der Waals surface area contributed by atoms with Crippen molar-refractivity contribution >= 4 is 27.5 Å². The number of carbonyl (C=O) groups excluding carboxylic acids is 1. The molecule has 0 atom stereocenters. The predicted octanol–water partition coefficient (Wildman–Crippen LogP) is 3.47. The zero-order chi connectivity index (χ0) is 23.5. The molecule has 1 aliphatic heterocycles. The maximum Gasteiger partial charge on any atom is 0.417 e. The van der Waals surface area contributed by atoms with Gasteiger partial charge in [-0.2, -0.15) is 22.6 Å². The maximum absolute atomic E-state index is 13.1. The molecule has 1 aliphatic rings. The predicted molar refractivity (Wildman–Crippen MR) is 113 cm³/mol. The lowest BCUT2D eigenvalue weighted by Gasteiger charge is -2.30. The van der Waals surface area contributed by atoms with Crippen LogP contribution in [0.2, 0.25) is 5.02 Å². The first-order valence-corrected chi connectivity index (χ1v) is 11.9. The third kappa shape index (κ3) is 5.81. The Hall–Kier alpha value is -2.11. The van der Waals surface area contributed by atoms with Crippen molar-refractivity contribution in [3.05, 3.63) is 46.7 Å². The molecule has 176 valence electrons. The van der Waals surface area contributed by atoms with Crippen molar-refractivity contribution in [2.24, 2.45) is 5.92 Å². The van der Waals surface area contributed by atoms with Crippen LogP contribution in [0.4, 0.5) is 13.2 Å². The highest BCUT2D eigenvalue weighted by atomic mass is 35.5. The molecule has 0 aliphatic carbocycles. The highest BCUT2D eigenvalue weighted by molar-refractivity contribution is 7.89. The summed E-state index contributed by atoms with van der Waals surface area (Å²) in [6.07, 6.45) is 0.207. The Kier molecular flexibility index (Phi) is 7.51. The second-order valence-corrected chi connectivity index (χ2v) is 10.1. The number of aromatic nitrogens is 2. The second kappa shape index (κ2) is 9.80. The Balaban J connectivity index is 1.52. The molecule has 0 radical (unpaired) electrons. The molecule has 3 rings (SSSR count). The summed E-state index contributed by atoms with van der Waals surface area (Å²) in [6.45, 7) is 3.20. The van der Waals surface area contributed by atoms with Crippen LogP contribution in [0.3, 0.4) is 0 Å². The average molecular weight is 493 g/mol. The Labute approximate surface area is 189 Å².